The Kier molecular flexibility index (Phi) is 2.80. The van der Waals surface area contributed by atoms with Gasteiger partial charge in [0.15, 0.2) is 0 Å². The van der Waals surface area contributed by atoms with Gasteiger partial charge in [-0.1, -0.05) is 0 Å². The van der Waals surface area contributed by atoms with Crippen molar-refractivity contribution in [3.63, 3.8) is 0 Å². The van der Waals surface area contributed by atoms with Gasteiger partial charge in [0.05, 0.1) is 0 Å². The Balaban J connectivity index is 1.64. The Morgan fingerprint density at radius 2 is 2.16 bits per heavy atom. The highest BCUT2D eigenvalue weighted by Gasteiger charge is 2.41. The summed E-state index contributed by atoms with van der Waals surface area (Å²) in [7, 11) is 1.80. The van der Waals surface area contributed by atoms with E-state index in [0.717, 1.165) is 19.4 Å². The topological polar surface area (TPSA) is 67.2 Å². The number of piperidine rings is 1. The SMILES string of the molecule is Cn1ccc(C(=O)N2CCC3(CC2)CNC(=O)C3)n1. The van der Waals surface area contributed by atoms with E-state index in [-0.39, 0.29) is 17.2 Å². The molecule has 1 aromatic heterocycles. The largest absolute Gasteiger partial charge is 0.356 e. The molecule has 0 atom stereocenters. The van der Waals surface area contributed by atoms with Gasteiger partial charge in [0.2, 0.25) is 5.91 Å². The summed E-state index contributed by atoms with van der Waals surface area (Å²) in [5.41, 5.74) is 0.580. The van der Waals surface area contributed by atoms with Crippen LogP contribution in [0.25, 0.3) is 0 Å². The van der Waals surface area contributed by atoms with E-state index in [1.165, 1.54) is 0 Å². The Labute approximate surface area is 111 Å². The molecule has 19 heavy (non-hydrogen) atoms. The number of carbonyl (C=O) groups is 2. The highest BCUT2D eigenvalue weighted by atomic mass is 16.2. The van der Waals surface area contributed by atoms with Crippen molar-refractivity contribution in [2.45, 2.75) is 19.3 Å². The number of aryl methyl sites for hydroxylation is 1. The third kappa shape index (κ3) is 2.22. The smallest absolute Gasteiger partial charge is 0.274 e. The van der Waals surface area contributed by atoms with Crippen LogP contribution >= 0.6 is 0 Å². The Morgan fingerprint density at radius 1 is 1.42 bits per heavy atom. The zero-order valence-corrected chi connectivity index (χ0v) is 11.1. The van der Waals surface area contributed by atoms with Crippen LogP contribution in [0.1, 0.15) is 29.8 Å². The van der Waals surface area contributed by atoms with Crippen molar-refractivity contribution in [2.75, 3.05) is 19.6 Å². The van der Waals surface area contributed by atoms with Gasteiger partial charge in [-0.3, -0.25) is 14.3 Å². The maximum atomic E-state index is 12.2. The lowest BCUT2D eigenvalue weighted by Gasteiger charge is -2.37. The first-order chi connectivity index (χ1) is 9.08. The molecule has 6 heteroatoms. The molecule has 2 aliphatic rings. The zero-order valence-electron chi connectivity index (χ0n) is 11.1. The van der Waals surface area contributed by atoms with Crippen LogP contribution in [0.2, 0.25) is 0 Å². The van der Waals surface area contributed by atoms with E-state index in [1.54, 1.807) is 24.0 Å². The molecule has 2 amide bonds. The molecule has 0 saturated carbocycles. The predicted molar refractivity (Wildman–Crippen MR) is 68.4 cm³/mol. The fourth-order valence-corrected chi connectivity index (χ4v) is 2.98. The lowest BCUT2D eigenvalue weighted by Crippen LogP contribution is -2.44. The lowest BCUT2D eigenvalue weighted by atomic mass is 9.77. The minimum atomic E-state index is -0.00673. The zero-order chi connectivity index (χ0) is 13.5. The molecular weight excluding hydrogens is 244 g/mol. The number of carbonyl (C=O) groups excluding carboxylic acids is 2. The number of aromatic nitrogens is 2. The molecule has 1 aromatic rings. The van der Waals surface area contributed by atoms with Gasteiger partial charge in [0.1, 0.15) is 5.69 Å². The number of likely N-dealkylation sites (tertiary alicyclic amines) is 1. The van der Waals surface area contributed by atoms with Gasteiger partial charge in [-0.15, -0.1) is 0 Å². The third-order valence-electron chi connectivity index (χ3n) is 4.24. The van der Waals surface area contributed by atoms with Crippen LogP contribution in [0, 0.1) is 5.41 Å². The first-order valence-corrected chi connectivity index (χ1v) is 6.64. The minimum absolute atomic E-state index is 0.00673. The van der Waals surface area contributed by atoms with Crippen LogP contribution < -0.4 is 5.32 Å². The highest BCUT2D eigenvalue weighted by Crippen LogP contribution is 2.37. The molecule has 0 aromatic carbocycles. The van der Waals surface area contributed by atoms with Gasteiger partial charge in [0.25, 0.3) is 5.91 Å². The maximum absolute atomic E-state index is 12.2. The summed E-state index contributed by atoms with van der Waals surface area (Å²) in [6, 6.07) is 1.74. The van der Waals surface area contributed by atoms with E-state index in [9.17, 15) is 9.59 Å². The monoisotopic (exact) mass is 262 g/mol. The number of amides is 2. The van der Waals surface area contributed by atoms with Gasteiger partial charge < -0.3 is 10.2 Å². The van der Waals surface area contributed by atoms with Crippen LogP contribution in [0.15, 0.2) is 12.3 Å². The van der Waals surface area contributed by atoms with Crippen molar-refractivity contribution < 1.29 is 9.59 Å². The quantitative estimate of drug-likeness (QED) is 0.784. The van der Waals surface area contributed by atoms with E-state index >= 15 is 0 Å². The van der Waals surface area contributed by atoms with Crippen molar-refractivity contribution in [2.24, 2.45) is 12.5 Å². The molecule has 3 heterocycles. The molecule has 3 rings (SSSR count). The fourth-order valence-electron chi connectivity index (χ4n) is 2.98. The van der Waals surface area contributed by atoms with E-state index in [2.05, 4.69) is 10.4 Å². The van der Waals surface area contributed by atoms with Crippen molar-refractivity contribution in [3.05, 3.63) is 18.0 Å². The van der Waals surface area contributed by atoms with E-state index < -0.39 is 0 Å². The summed E-state index contributed by atoms with van der Waals surface area (Å²) < 4.78 is 1.64. The number of nitrogens with zero attached hydrogens (tertiary/aromatic N) is 3. The van der Waals surface area contributed by atoms with Crippen molar-refractivity contribution in [1.82, 2.24) is 20.0 Å². The molecule has 6 nitrogen and oxygen atoms in total. The molecule has 0 radical (unpaired) electrons. The van der Waals surface area contributed by atoms with Gasteiger partial charge in [-0.25, -0.2) is 0 Å². The Morgan fingerprint density at radius 3 is 2.68 bits per heavy atom. The van der Waals surface area contributed by atoms with Crippen LogP contribution in [0.4, 0.5) is 0 Å². The van der Waals surface area contributed by atoms with Gasteiger partial charge in [0, 0.05) is 39.3 Å². The van der Waals surface area contributed by atoms with Crippen LogP contribution in [0.3, 0.4) is 0 Å². The first-order valence-electron chi connectivity index (χ1n) is 6.64. The van der Waals surface area contributed by atoms with E-state index in [1.807, 2.05) is 4.90 Å². The van der Waals surface area contributed by atoms with Gasteiger partial charge in [-0.2, -0.15) is 5.10 Å². The fraction of sp³-hybridized carbons (Fsp3) is 0.615. The molecular formula is C13H18N4O2. The predicted octanol–water partition coefficient (Wildman–Crippen LogP) is 0.162. The summed E-state index contributed by atoms with van der Waals surface area (Å²) in [4.78, 5) is 25.4. The van der Waals surface area contributed by atoms with Crippen molar-refractivity contribution in [3.8, 4) is 0 Å². The summed E-state index contributed by atoms with van der Waals surface area (Å²) in [5, 5.41) is 7.05. The second kappa shape index (κ2) is 4.36. The molecule has 102 valence electrons. The summed E-state index contributed by atoms with van der Waals surface area (Å²) in [6.45, 7) is 2.19. The first kappa shape index (κ1) is 12.2. The summed E-state index contributed by atoms with van der Waals surface area (Å²) >= 11 is 0. The average Bonchev–Trinajstić information content (AvgIpc) is 2.97. The molecule has 2 saturated heterocycles. The molecule has 0 bridgehead atoms. The van der Waals surface area contributed by atoms with Gasteiger partial charge >= 0.3 is 0 Å². The summed E-state index contributed by atoms with van der Waals surface area (Å²) in [6.07, 6.45) is 4.17. The molecule has 1 N–H and O–H groups in total. The second-order valence-corrected chi connectivity index (χ2v) is 5.62. The van der Waals surface area contributed by atoms with Crippen molar-refractivity contribution in [1.29, 1.82) is 0 Å². The Bertz CT molecular complexity index is 514. The Hall–Kier alpha value is -1.85. The standard InChI is InChI=1S/C13H18N4O2/c1-16-5-2-10(15-16)12(19)17-6-3-13(4-7-17)8-11(18)14-9-13/h2,5H,3-4,6-9H2,1H3,(H,14,18). The molecule has 2 fully saturated rings. The number of nitrogens with one attached hydrogen (secondary N) is 1. The van der Waals surface area contributed by atoms with Crippen molar-refractivity contribution >= 4 is 11.8 Å². The summed E-state index contributed by atoms with van der Waals surface area (Å²) in [5.74, 6) is 0.136. The normalized spacial score (nSPS) is 21.7. The highest BCUT2D eigenvalue weighted by molar-refractivity contribution is 5.92. The van der Waals surface area contributed by atoms with Gasteiger partial charge in [-0.05, 0) is 24.3 Å². The van der Waals surface area contributed by atoms with Crippen LogP contribution in [-0.4, -0.2) is 46.1 Å². The lowest BCUT2D eigenvalue weighted by molar-refractivity contribution is -0.119. The van der Waals surface area contributed by atoms with Crippen LogP contribution in [0.5, 0.6) is 0 Å². The molecule has 2 aliphatic heterocycles. The number of rotatable bonds is 1. The number of hydrogen-bond donors (Lipinski definition) is 1. The average molecular weight is 262 g/mol. The van der Waals surface area contributed by atoms with E-state index in [0.29, 0.717) is 25.2 Å². The minimum Gasteiger partial charge on any atom is -0.356 e. The third-order valence-corrected chi connectivity index (χ3v) is 4.24. The van der Waals surface area contributed by atoms with E-state index in [4.69, 9.17) is 0 Å². The number of hydrogen-bond acceptors (Lipinski definition) is 3. The maximum Gasteiger partial charge on any atom is 0.274 e. The second-order valence-electron chi connectivity index (χ2n) is 5.62. The molecule has 1 spiro atoms. The molecule has 0 aliphatic carbocycles. The van der Waals surface area contributed by atoms with Crippen LogP contribution in [-0.2, 0) is 11.8 Å². The molecule has 0 unspecified atom stereocenters.